The summed E-state index contributed by atoms with van der Waals surface area (Å²) in [5, 5.41) is 3.25. The van der Waals surface area contributed by atoms with Crippen LogP contribution in [0.2, 0.25) is 0 Å². The number of ether oxygens (including phenoxy) is 1. The minimum absolute atomic E-state index is 0.408. The number of hydrogen-bond donors (Lipinski definition) is 1. The van der Waals surface area contributed by atoms with E-state index in [0.717, 1.165) is 24.7 Å². The summed E-state index contributed by atoms with van der Waals surface area (Å²) in [5.74, 6) is 1.78. The van der Waals surface area contributed by atoms with Gasteiger partial charge < -0.3 is 9.15 Å². The Labute approximate surface area is 71.7 Å². The lowest BCUT2D eigenvalue weighted by molar-refractivity contribution is -0.0158. The second-order valence-corrected chi connectivity index (χ2v) is 3.22. The first-order valence-corrected chi connectivity index (χ1v) is 4.17. The summed E-state index contributed by atoms with van der Waals surface area (Å²) in [6.07, 6.45) is 0. The van der Waals surface area contributed by atoms with Crippen LogP contribution in [0.1, 0.15) is 18.4 Å². The summed E-state index contributed by atoms with van der Waals surface area (Å²) in [7, 11) is 0. The van der Waals surface area contributed by atoms with Gasteiger partial charge in [-0.3, -0.25) is 5.32 Å². The van der Waals surface area contributed by atoms with Crippen LogP contribution in [-0.2, 0) is 10.5 Å². The van der Waals surface area contributed by atoms with Crippen molar-refractivity contribution in [3.05, 3.63) is 23.7 Å². The molecule has 2 rings (SSSR count). The Kier molecular flexibility index (Phi) is 1.70. The topological polar surface area (TPSA) is 34.4 Å². The lowest BCUT2D eigenvalue weighted by Gasteiger charge is -2.20. The zero-order valence-corrected chi connectivity index (χ0v) is 7.39. The van der Waals surface area contributed by atoms with Crippen molar-refractivity contribution in [3.8, 4) is 0 Å². The Hall–Kier alpha value is -0.800. The number of aryl methyl sites for hydroxylation is 1. The lowest BCUT2D eigenvalue weighted by Crippen LogP contribution is -2.33. The van der Waals surface area contributed by atoms with Crippen LogP contribution < -0.4 is 5.32 Å². The quantitative estimate of drug-likeness (QED) is 0.686. The molecule has 1 aromatic rings. The molecule has 1 N–H and O–H groups in total. The maximum absolute atomic E-state index is 5.53. The Morgan fingerprint density at radius 3 is 2.83 bits per heavy atom. The molecule has 66 valence electrons. The van der Waals surface area contributed by atoms with Gasteiger partial charge in [0.15, 0.2) is 11.5 Å². The Bertz CT molecular complexity index is 274. The molecular weight excluding hydrogens is 154 g/mol. The maximum atomic E-state index is 5.53. The van der Waals surface area contributed by atoms with E-state index < -0.39 is 5.72 Å². The highest BCUT2D eigenvalue weighted by atomic mass is 16.5. The van der Waals surface area contributed by atoms with Gasteiger partial charge in [0.25, 0.3) is 0 Å². The summed E-state index contributed by atoms with van der Waals surface area (Å²) in [6.45, 7) is 5.55. The number of furan rings is 1. The van der Waals surface area contributed by atoms with Gasteiger partial charge in [-0.05, 0) is 26.0 Å². The standard InChI is InChI=1S/C9H13NO2/c1-7-3-4-8(12-7)9(2)10-5-6-11-9/h3-4,10H,5-6H2,1-2H3. The molecule has 0 aliphatic carbocycles. The molecule has 1 saturated heterocycles. The van der Waals surface area contributed by atoms with Gasteiger partial charge in [-0.25, -0.2) is 0 Å². The molecule has 1 unspecified atom stereocenters. The third-order valence-electron chi connectivity index (χ3n) is 2.17. The van der Waals surface area contributed by atoms with Gasteiger partial charge in [-0.15, -0.1) is 0 Å². The molecule has 0 saturated carbocycles. The van der Waals surface area contributed by atoms with Crippen molar-refractivity contribution in [1.29, 1.82) is 0 Å². The van der Waals surface area contributed by atoms with Gasteiger partial charge in [0.1, 0.15) is 5.76 Å². The number of rotatable bonds is 1. The smallest absolute Gasteiger partial charge is 0.175 e. The van der Waals surface area contributed by atoms with E-state index >= 15 is 0 Å². The van der Waals surface area contributed by atoms with Crippen LogP contribution in [0.4, 0.5) is 0 Å². The van der Waals surface area contributed by atoms with Crippen molar-refractivity contribution >= 4 is 0 Å². The summed E-state index contributed by atoms with van der Waals surface area (Å²) < 4.78 is 11.0. The molecule has 2 heterocycles. The average molecular weight is 167 g/mol. The number of nitrogens with one attached hydrogen (secondary N) is 1. The Balaban J connectivity index is 2.28. The van der Waals surface area contributed by atoms with E-state index in [1.165, 1.54) is 0 Å². The molecule has 1 fully saturated rings. The summed E-state index contributed by atoms with van der Waals surface area (Å²) in [5.41, 5.74) is -0.408. The van der Waals surface area contributed by atoms with Crippen molar-refractivity contribution in [2.45, 2.75) is 19.6 Å². The predicted molar refractivity (Wildman–Crippen MR) is 44.8 cm³/mol. The van der Waals surface area contributed by atoms with Crippen molar-refractivity contribution in [1.82, 2.24) is 5.32 Å². The molecule has 1 atom stereocenters. The molecule has 0 radical (unpaired) electrons. The van der Waals surface area contributed by atoms with Gasteiger partial charge in [-0.1, -0.05) is 0 Å². The van der Waals surface area contributed by atoms with E-state index in [9.17, 15) is 0 Å². The van der Waals surface area contributed by atoms with Gasteiger partial charge in [-0.2, -0.15) is 0 Å². The van der Waals surface area contributed by atoms with E-state index in [2.05, 4.69) is 5.32 Å². The van der Waals surface area contributed by atoms with Crippen LogP contribution in [0, 0.1) is 6.92 Å². The van der Waals surface area contributed by atoms with Crippen molar-refractivity contribution < 1.29 is 9.15 Å². The molecule has 3 nitrogen and oxygen atoms in total. The van der Waals surface area contributed by atoms with Crippen molar-refractivity contribution in [2.75, 3.05) is 13.2 Å². The highest BCUT2D eigenvalue weighted by Gasteiger charge is 2.34. The number of hydrogen-bond acceptors (Lipinski definition) is 3. The first-order chi connectivity index (χ1) is 5.71. The van der Waals surface area contributed by atoms with Crippen LogP contribution >= 0.6 is 0 Å². The van der Waals surface area contributed by atoms with Crippen LogP contribution in [0.3, 0.4) is 0 Å². The largest absolute Gasteiger partial charge is 0.462 e. The van der Waals surface area contributed by atoms with Crippen LogP contribution in [0.25, 0.3) is 0 Å². The van der Waals surface area contributed by atoms with Gasteiger partial charge in [0.05, 0.1) is 6.61 Å². The second-order valence-electron chi connectivity index (χ2n) is 3.22. The highest BCUT2D eigenvalue weighted by molar-refractivity contribution is 5.12. The van der Waals surface area contributed by atoms with Crippen molar-refractivity contribution in [3.63, 3.8) is 0 Å². The molecule has 1 aliphatic rings. The van der Waals surface area contributed by atoms with Crippen LogP contribution in [0.5, 0.6) is 0 Å². The zero-order chi connectivity index (χ0) is 8.60. The predicted octanol–water partition coefficient (Wildman–Crippen LogP) is 1.38. The molecule has 0 aromatic carbocycles. The molecule has 12 heavy (non-hydrogen) atoms. The van der Waals surface area contributed by atoms with E-state index in [4.69, 9.17) is 9.15 Å². The van der Waals surface area contributed by atoms with E-state index in [1.807, 2.05) is 26.0 Å². The third-order valence-corrected chi connectivity index (χ3v) is 2.17. The zero-order valence-electron chi connectivity index (χ0n) is 7.39. The maximum Gasteiger partial charge on any atom is 0.175 e. The second kappa shape index (κ2) is 2.61. The van der Waals surface area contributed by atoms with E-state index in [-0.39, 0.29) is 0 Å². The minimum Gasteiger partial charge on any atom is -0.462 e. The van der Waals surface area contributed by atoms with Crippen LogP contribution in [0.15, 0.2) is 16.5 Å². The fourth-order valence-electron chi connectivity index (χ4n) is 1.44. The summed E-state index contributed by atoms with van der Waals surface area (Å²) in [6, 6.07) is 3.90. The van der Waals surface area contributed by atoms with E-state index in [1.54, 1.807) is 0 Å². The minimum atomic E-state index is -0.408. The lowest BCUT2D eigenvalue weighted by atomic mass is 10.2. The van der Waals surface area contributed by atoms with E-state index in [0.29, 0.717) is 0 Å². The monoisotopic (exact) mass is 167 g/mol. The molecule has 0 amide bonds. The normalized spacial score (nSPS) is 29.5. The molecule has 1 aliphatic heterocycles. The Morgan fingerprint density at radius 2 is 2.33 bits per heavy atom. The Morgan fingerprint density at radius 1 is 1.50 bits per heavy atom. The van der Waals surface area contributed by atoms with Gasteiger partial charge in [0.2, 0.25) is 0 Å². The molecule has 3 heteroatoms. The molecule has 0 spiro atoms. The van der Waals surface area contributed by atoms with Gasteiger partial charge in [0, 0.05) is 6.54 Å². The average Bonchev–Trinajstić information content (AvgIpc) is 2.59. The fourth-order valence-corrected chi connectivity index (χ4v) is 1.44. The highest BCUT2D eigenvalue weighted by Crippen LogP contribution is 2.26. The first-order valence-electron chi connectivity index (χ1n) is 4.17. The molecule has 0 bridgehead atoms. The summed E-state index contributed by atoms with van der Waals surface area (Å²) in [4.78, 5) is 0. The molecular formula is C9H13NO2. The molecule has 1 aromatic heterocycles. The fraction of sp³-hybridized carbons (Fsp3) is 0.556. The SMILES string of the molecule is Cc1ccc(C2(C)NCCO2)o1. The third kappa shape index (κ3) is 1.15. The van der Waals surface area contributed by atoms with Gasteiger partial charge >= 0.3 is 0 Å². The van der Waals surface area contributed by atoms with Crippen LogP contribution in [-0.4, -0.2) is 13.2 Å². The first kappa shape index (κ1) is 7.83. The van der Waals surface area contributed by atoms with Crippen molar-refractivity contribution in [2.24, 2.45) is 0 Å². The summed E-state index contributed by atoms with van der Waals surface area (Å²) >= 11 is 0.